The summed E-state index contributed by atoms with van der Waals surface area (Å²) in [5, 5.41) is 7.50. The van der Waals surface area contributed by atoms with Crippen molar-refractivity contribution in [2.45, 2.75) is 13.3 Å². The molecular formula is C9H13N3O. The second-order valence-corrected chi connectivity index (χ2v) is 2.65. The molecule has 1 aromatic heterocycles. The normalized spacial score (nSPS) is 9.62. The van der Waals surface area contributed by atoms with Crippen LogP contribution in [0, 0.1) is 5.41 Å². The molecule has 0 aromatic carbocycles. The van der Waals surface area contributed by atoms with E-state index in [1.807, 2.05) is 6.92 Å². The molecule has 0 aliphatic carbocycles. The molecule has 0 radical (unpaired) electrons. The predicted molar refractivity (Wildman–Crippen MR) is 51.7 cm³/mol. The Balaban J connectivity index is 2.61. The summed E-state index contributed by atoms with van der Waals surface area (Å²) in [6, 6.07) is 3.37. The van der Waals surface area contributed by atoms with Gasteiger partial charge < -0.3 is 10.5 Å². The smallest absolute Gasteiger partial charge is 0.214 e. The van der Waals surface area contributed by atoms with Crippen LogP contribution >= 0.6 is 0 Å². The molecule has 0 fully saturated rings. The number of hydrogen-bond donors (Lipinski definition) is 2. The molecule has 0 amide bonds. The highest BCUT2D eigenvalue weighted by Gasteiger charge is 2.01. The highest BCUT2D eigenvalue weighted by atomic mass is 16.5. The Morgan fingerprint density at radius 1 is 1.62 bits per heavy atom. The maximum absolute atomic E-state index is 7.50. The minimum Gasteiger partial charge on any atom is -0.478 e. The largest absolute Gasteiger partial charge is 0.478 e. The van der Waals surface area contributed by atoms with Crippen molar-refractivity contribution in [1.29, 1.82) is 5.41 Å². The first-order chi connectivity index (χ1) is 6.24. The zero-order valence-electron chi connectivity index (χ0n) is 7.58. The third-order valence-corrected chi connectivity index (χ3v) is 1.50. The fraction of sp³-hybridized carbons (Fsp3) is 0.333. The molecule has 4 nitrogen and oxygen atoms in total. The van der Waals surface area contributed by atoms with Gasteiger partial charge in [-0.2, -0.15) is 0 Å². The van der Waals surface area contributed by atoms with Gasteiger partial charge in [0.2, 0.25) is 5.90 Å². The van der Waals surface area contributed by atoms with E-state index in [4.69, 9.17) is 15.9 Å². The summed E-state index contributed by atoms with van der Waals surface area (Å²) < 4.78 is 5.12. The van der Waals surface area contributed by atoms with Crippen molar-refractivity contribution >= 4 is 11.7 Å². The van der Waals surface area contributed by atoms with Crippen LogP contribution in [0.5, 0.6) is 0 Å². The van der Waals surface area contributed by atoms with Gasteiger partial charge in [-0.3, -0.25) is 5.41 Å². The molecule has 0 unspecified atom stereocenters. The SMILES string of the molecule is CCCOC(=N)c1ccc(N)nc1. The van der Waals surface area contributed by atoms with Gasteiger partial charge in [-0.25, -0.2) is 4.98 Å². The van der Waals surface area contributed by atoms with E-state index in [0.717, 1.165) is 6.42 Å². The lowest BCUT2D eigenvalue weighted by Crippen LogP contribution is -2.06. The lowest BCUT2D eigenvalue weighted by atomic mass is 10.3. The minimum absolute atomic E-state index is 0.148. The minimum atomic E-state index is 0.148. The van der Waals surface area contributed by atoms with Crippen molar-refractivity contribution in [1.82, 2.24) is 4.98 Å². The van der Waals surface area contributed by atoms with Gasteiger partial charge in [-0.05, 0) is 18.6 Å². The molecule has 0 bridgehead atoms. The molecule has 4 heteroatoms. The number of nitrogens with zero attached hydrogens (tertiary/aromatic N) is 1. The quantitative estimate of drug-likeness (QED) is 0.544. The number of pyridine rings is 1. The Morgan fingerprint density at radius 3 is 2.92 bits per heavy atom. The van der Waals surface area contributed by atoms with Crippen molar-refractivity contribution in [2.75, 3.05) is 12.3 Å². The van der Waals surface area contributed by atoms with Crippen molar-refractivity contribution in [3.8, 4) is 0 Å². The molecule has 0 aliphatic rings. The summed E-state index contributed by atoms with van der Waals surface area (Å²) in [5.41, 5.74) is 6.06. The highest BCUT2D eigenvalue weighted by Crippen LogP contribution is 2.03. The summed E-state index contributed by atoms with van der Waals surface area (Å²) in [6.45, 7) is 2.55. The lowest BCUT2D eigenvalue weighted by Gasteiger charge is -2.05. The van der Waals surface area contributed by atoms with E-state index >= 15 is 0 Å². The van der Waals surface area contributed by atoms with Gasteiger partial charge >= 0.3 is 0 Å². The maximum Gasteiger partial charge on any atom is 0.214 e. The van der Waals surface area contributed by atoms with Gasteiger partial charge in [0.1, 0.15) is 5.82 Å². The molecule has 1 aromatic rings. The van der Waals surface area contributed by atoms with Crippen molar-refractivity contribution in [3.63, 3.8) is 0 Å². The topological polar surface area (TPSA) is 72.0 Å². The number of anilines is 1. The number of ether oxygens (including phenoxy) is 1. The summed E-state index contributed by atoms with van der Waals surface area (Å²) >= 11 is 0. The van der Waals surface area contributed by atoms with Crippen LogP contribution in [0.4, 0.5) is 5.82 Å². The summed E-state index contributed by atoms with van der Waals surface area (Å²) in [4.78, 5) is 3.87. The zero-order chi connectivity index (χ0) is 9.68. The van der Waals surface area contributed by atoms with E-state index in [9.17, 15) is 0 Å². The molecular weight excluding hydrogens is 166 g/mol. The number of nitrogens with two attached hydrogens (primary N) is 1. The zero-order valence-corrected chi connectivity index (χ0v) is 7.58. The van der Waals surface area contributed by atoms with Gasteiger partial charge in [-0.15, -0.1) is 0 Å². The van der Waals surface area contributed by atoms with Crippen LogP contribution in [0.1, 0.15) is 18.9 Å². The van der Waals surface area contributed by atoms with Gasteiger partial charge in [0, 0.05) is 6.20 Å². The van der Waals surface area contributed by atoms with Crippen LogP contribution in [-0.2, 0) is 4.74 Å². The third-order valence-electron chi connectivity index (χ3n) is 1.50. The van der Waals surface area contributed by atoms with Gasteiger partial charge in [0.15, 0.2) is 0 Å². The standard InChI is InChI=1S/C9H13N3O/c1-2-5-13-9(11)7-3-4-8(10)12-6-7/h3-4,6,11H,2,5H2,1H3,(H2,10,12). The number of nitrogen functional groups attached to an aromatic ring is 1. The lowest BCUT2D eigenvalue weighted by molar-refractivity contribution is 0.303. The highest BCUT2D eigenvalue weighted by molar-refractivity contribution is 5.91. The van der Waals surface area contributed by atoms with E-state index in [-0.39, 0.29) is 5.90 Å². The first-order valence-corrected chi connectivity index (χ1v) is 4.17. The predicted octanol–water partition coefficient (Wildman–Crippen LogP) is 1.42. The second kappa shape index (κ2) is 4.45. The van der Waals surface area contributed by atoms with E-state index in [0.29, 0.717) is 18.0 Å². The average Bonchev–Trinajstić information content (AvgIpc) is 2.15. The molecule has 13 heavy (non-hydrogen) atoms. The Kier molecular flexibility index (Phi) is 3.25. The monoisotopic (exact) mass is 179 g/mol. The summed E-state index contributed by atoms with van der Waals surface area (Å²) in [6.07, 6.45) is 2.43. The van der Waals surface area contributed by atoms with Crippen LogP contribution in [0.15, 0.2) is 18.3 Å². The van der Waals surface area contributed by atoms with Crippen molar-refractivity contribution in [2.24, 2.45) is 0 Å². The third kappa shape index (κ3) is 2.74. The van der Waals surface area contributed by atoms with Crippen molar-refractivity contribution in [3.05, 3.63) is 23.9 Å². The average molecular weight is 179 g/mol. The Labute approximate surface area is 77.2 Å². The van der Waals surface area contributed by atoms with Gasteiger partial charge in [-0.1, -0.05) is 6.92 Å². The fourth-order valence-corrected chi connectivity index (χ4v) is 0.827. The van der Waals surface area contributed by atoms with E-state index in [2.05, 4.69) is 4.98 Å². The van der Waals surface area contributed by atoms with E-state index in [1.165, 1.54) is 6.20 Å². The fourth-order valence-electron chi connectivity index (χ4n) is 0.827. The van der Waals surface area contributed by atoms with E-state index in [1.54, 1.807) is 12.1 Å². The summed E-state index contributed by atoms with van der Waals surface area (Å²) in [7, 11) is 0. The first-order valence-electron chi connectivity index (χ1n) is 4.17. The summed E-state index contributed by atoms with van der Waals surface area (Å²) in [5.74, 6) is 0.599. The Morgan fingerprint density at radius 2 is 2.38 bits per heavy atom. The number of aromatic nitrogens is 1. The number of hydrogen-bond acceptors (Lipinski definition) is 4. The first kappa shape index (κ1) is 9.51. The molecule has 0 aliphatic heterocycles. The molecule has 0 saturated carbocycles. The van der Waals surface area contributed by atoms with Gasteiger partial charge in [0.25, 0.3) is 0 Å². The Hall–Kier alpha value is -1.58. The molecule has 1 rings (SSSR count). The molecule has 1 heterocycles. The molecule has 70 valence electrons. The van der Waals surface area contributed by atoms with Crippen LogP contribution in [0.25, 0.3) is 0 Å². The molecule has 0 atom stereocenters. The molecule has 3 N–H and O–H groups in total. The van der Waals surface area contributed by atoms with Crippen LogP contribution in [0.2, 0.25) is 0 Å². The number of rotatable bonds is 3. The van der Waals surface area contributed by atoms with Crippen LogP contribution in [-0.4, -0.2) is 17.5 Å². The van der Waals surface area contributed by atoms with Crippen molar-refractivity contribution < 1.29 is 4.74 Å². The maximum atomic E-state index is 7.50. The Bertz CT molecular complexity index is 281. The number of nitrogens with one attached hydrogen (secondary N) is 1. The van der Waals surface area contributed by atoms with Crippen LogP contribution in [0.3, 0.4) is 0 Å². The van der Waals surface area contributed by atoms with Gasteiger partial charge in [0.05, 0.1) is 12.2 Å². The second-order valence-electron chi connectivity index (χ2n) is 2.65. The molecule has 0 spiro atoms. The molecule has 0 saturated heterocycles. The van der Waals surface area contributed by atoms with E-state index < -0.39 is 0 Å². The van der Waals surface area contributed by atoms with Crippen LogP contribution < -0.4 is 5.73 Å².